The molecule has 0 aromatic carbocycles. The monoisotopic (exact) mass is 318 g/mol. The van der Waals surface area contributed by atoms with Crippen LogP contribution in [0.4, 0.5) is 0 Å². The molecule has 0 unspecified atom stereocenters. The molecule has 3 rings (SSSR count). The van der Waals surface area contributed by atoms with Gasteiger partial charge in [-0.2, -0.15) is 5.10 Å². The molecule has 1 aromatic rings. The summed E-state index contributed by atoms with van der Waals surface area (Å²) in [6.45, 7) is 0.487. The Balaban J connectivity index is 1.52. The first-order valence-corrected chi connectivity index (χ1v) is 8.18. The van der Waals surface area contributed by atoms with Crippen LogP contribution in [-0.4, -0.2) is 34.6 Å². The molecule has 1 aliphatic carbocycles. The molecule has 0 fully saturated rings. The summed E-state index contributed by atoms with van der Waals surface area (Å²) in [6, 6.07) is 0. The Morgan fingerprint density at radius 1 is 1.26 bits per heavy atom. The Hall–Kier alpha value is -2.18. The van der Waals surface area contributed by atoms with Gasteiger partial charge in [0.25, 0.3) is 0 Å². The third kappa shape index (κ3) is 3.78. The fourth-order valence-electron chi connectivity index (χ4n) is 3.02. The number of carbonyl (C=O) groups is 2. The summed E-state index contributed by atoms with van der Waals surface area (Å²) in [5.74, 6) is 0.976. The van der Waals surface area contributed by atoms with Gasteiger partial charge in [0.1, 0.15) is 11.5 Å². The average Bonchev–Trinajstić information content (AvgIpc) is 2.97. The van der Waals surface area contributed by atoms with Crippen LogP contribution in [0, 0.1) is 0 Å². The van der Waals surface area contributed by atoms with Crippen molar-refractivity contribution in [3.8, 4) is 0 Å². The van der Waals surface area contributed by atoms with Crippen LogP contribution in [0.2, 0.25) is 0 Å². The van der Waals surface area contributed by atoms with Gasteiger partial charge in [-0.25, -0.2) is 5.43 Å². The molecular weight excluding hydrogens is 296 g/mol. The van der Waals surface area contributed by atoms with Crippen LogP contribution in [0.25, 0.3) is 0 Å². The van der Waals surface area contributed by atoms with E-state index >= 15 is 0 Å². The average molecular weight is 318 g/mol. The third-order valence-electron chi connectivity index (χ3n) is 4.45. The largest absolute Gasteiger partial charge is 0.361 e. The number of hydrogen-bond acceptors (Lipinski definition) is 5. The van der Waals surface area contributed by atoms with Crippen LogP contribution in [0.1, 0.15) is 55.5 Å². The summed E-state index contributed by atoms with van der Waals surface area (Å²) in [5, 5.41) is 8.13. The van der Waals surface area contributed by atoms with E-state index in [1.807, 2.05) is 0 Å². The summed E-state index contributed by atoms with van der Waals surface area (Å²) < 4.78 is 5.39. The molecule has 0 saturated heterocycles. The summed E-state index contributed by atoms with van der Waals surface area (Å²) in [7, 11) is 1.79. The highest BCUT2D eigenvalue weighted by atomic mass is 16.5. The standard InChI is InChI=1S/C16H22N4O3/c1-20(10-13-12-4-2-3-5-14(12)23-19-13)16(22)9-7-11-6-8-15(21)18-17-11/h2-10H2,1H3,(H,18,21). The second kappa shape index (κ2) is 6.93. The second-order valence-corrected chi connectivity index (χ2v) is 6.20. The molecule has 23 heavy (non-hydrogen) atoms. The normalized spacial score (nSPS) is 17.3. The number of nitrogens with zero attached hydrogens (tertiary/aromatic N) is 3. The van der Waals surface area contributed by atoms with E-state index in [1.165, 1.54) is 5.56 Å². The second-order valence-electron chi connectivity index (χ2n) is 6.20. The molecule has 0 atom stereocenters. The molecule has 2 aliphatic rings. The number of fused-ring (bicyclic) bond motifs is 1. The highest BCUT2D eigenvalue weighted by molar-refractivity contribution is 5.94. The van der Waals surface area contributed by atoms with Gasteiger partial charge < -0.3 is 9.42 Å². The highest BCUT2D eigenvalue weighted by Crippen LogP contribution is 2.25. The van der Waals surface area contributed by atoms with Crippen molar-refractivity contribution in [1.82, 2.24) is 15.5 Å². The molecule has 1 aliphatic heterocycles. The van der Waals surface area contributed by atoms with Crippen LogP contribution in [0.5, 0.6) is 0 Å². The minimum absolute atomic E-state index is 0.0529. The number of amides is 2. The molecule has 0 radical (unpaired) electrons. The van der Waals surface area contributed by atoms with Crippen molar-refractivity contribution >= 4 is 17.5 Å². The van der Waals surface area contributed by atoms with Gasteiger partial charge in [-0.15, -0.1) is 0 Å². The molecule has 1 N–H and O–H groups in total. The molecular formula is C16H22N4O3. The zero-order valence-electron chi connectivity index (χ0n) is 13.4. The number of nitrogens with one attached hydrogen (secondary N) is 1. The number of carbonyl (C=O) groups excluding carboxylic acids is 2. The number of hydrazone groups is 1. The van der Waals surface area contributed by atoms with Crippen LogP contribution in [-0.2, 0) is 29.0 Å². The maximum absolute atomic E-state index is 12.3. The third-order valence-corrected chi connectivity index (χ3v) is 4.45. The van der Waals surface area contributed by atoms with Gasteiger partial charge in [0.15, 0.2) is 0 Å². The minimum atomic E-state index is -0.0620. The molecule has 0 spiro atoms. The van der Waals surface area contributed by atoms with Crippen molar-refractivity contribution in [1.29, 1.82) is 0 Å². The summed E-state index contributed by atoms with van der Waals surface area (Å²) in [4.78, 5) is 25.0. The lowest BCUT2D eigenvalue weighted by atomic mass is 9.96. The number of aryl methyl sites for hydroxylation is 1. The van der Waals surface area contributed by atoms with Gasteiger partial charge >= 0.3 is 0 Å². The van der Waals surface area contributed by atoms with Gasteiger partial charge in [-0.3, -0.25) is 9.59 Å². The van der Waals surface area contributed by atoms with E-state index in [-0.39, 0.29) is 11.8 Å². The lowest BCUT2D eigenvalue weighted by molar-refractivity contribution is -0.130. The molecule has 0 bridgehead atoms. The Kier molecular flexibility index (Phi) is 4.73. The van der Waals surface area contributed by atoms with Crippen LogP contribution in [0.15, 0.2) is 9.62 Å². The first kappa shape index (κ1) is 15.7. The molecule has 1 aromatic heterocycles. The smallest absolute Gasteiger partial charge is 0.240 e. The summed E-state index contributed by atoms with van der Waals surface area (Å²) in [6.07, 6.45) is 6.32. The fourth-order valence-corrected chi connectivity index (χ4v) is 3.02. The number of hydrogen-bond donors (Lipinski definition) is 1. The lowest BCUT2D eigenvalue weighted by Gasteiger charge is -2.18. The van der Waals surface area contributed by atoms with E-state index in [9.17, 15) is 9.59 Å². The molecule has 0 saturated carbocycles. The predicted octanol–water partition coefficient (Wildman–Crippen LogP) is 1.56. The Morgan fingerprint density at radius 2 is 2.09 bits per heavy atom. The van der Waals surface area contributed by atoms with E-state index in [2.05, 4.69) is 15.7 Å². The van der Waals surface area contributed by atoms with Crippen LogP contribution in [0.3, 0.4) is 0 Å². The highest BCUT2D eigenvalue weighted by Gasteiger charge is 2.22. The topological polar surface area (TPSA) is 87.8 Å². The van der Waals surface area contributed by atoms with E-state index in [1.54, 1.807) is 11.9 Å². The van der Waals surface area contributed by atoms with Crippen molar-refractivity contribution < 1.29 is 14.1 Å². The van der Waals surface area contributed by atoms with Crippen molar-refractivity contribution in [2.45, 2.75) is 57.9 Å². The van der Waals surface area contributed by atoms with Crippen molar-refractivity contribution in [2.24, 2.45) is 5.10 Å². The zero-order valence-corrected chi connectivity index (χ0v) is 13.4. The lowest BCUT2D eigenvalue weighted by Crippen LogP contribution is -2.29. The molecule has 2 heterocycles. The maximum Gasteiger partial charge on any atom is 0.240 e. The quantitative estimate of drug-likeness (QED) is 0.892. The van der Waals surface area contributed by atoms with E-state index in [0.717, 1.165) is 42.8 Å². The number of rotatable bonds is 5. The van der Waals surface area contributed by atoms with Crippen molar-refractivity contribution in [3.05, 3.63) is 17.0 Å². The summed E-state index contributed by atoms with van der Waals surface area (Å²) >= 11 is 0. The predicted molar refractivity (Wildman–Crippen MR) is 83.7 cm³/mol. The van der Waals surface area contributed by atoms with Crippen LogP contribution >= 0.6 is 0 Å². The molecule has 2 amide bonds. The van der Waals surface area contributed by atoms with E-state index in [0.29, 0.717) is 32.2 Å². The van der Waals surface area contributed by atoms with Gasteiger partial charge in [0.05, 0.1) is 6.54 Å². The van der Waals surface area contributed by atoms with Crippen molar-refractivity contribution in [2.75, 3.05) is 7.05 Å². The summed E-state index contributed by atoms with van der Waals surface area (Å²) in [5.41, 5.74) is 5.41. The Labute approximate surface area is 135 Å². The van der Waals surface area contributed by atoms with Gasteiger partial charge in [-0.1, -0.05) is 5.16 Å². The van der Waals surface area contributed by atoms with Gasteiger partial charge in [0, 0.05) is 37.6 Å². The SMILES string of the molecule is CN(Cc1noc2c1CCCC2)C(=O)CCC1=NNC(=O)CC1. The minimum Gasteiger partial charge on any atom is -0.361 e. The first-order chi connectivity index (χ1) is 11.1. The molecule has 124 valence electrons. The van der Waals surface area contributed by atoms with Crippen LogP contribution < -0.4 is 5.43 Å². The van der Waals surface area contributed by atoms with E-state index in [4.69, 9.17) is 4.52 Å². The van der Waals surface area contributed by atoms with E-state index < -0.39 is 0 Å². The maximum atomic E-state index is 12.3. The fraction of sp³-hybridized carbons (Fsp3) is 0.625. The number of aromatic nitrogens is 1. The first-order valence-electron chi connectivity index (χ1n) is 8.18. The molecule has 7 nitrogen and oxygen atoms in total. The van der Waals surface area contributed by atoms with Crippen molar-refractivity contribution in [3.63, 3.8) is 0 Å². The van der Waals surface area contributed by atoms with Gasteiger partial charge in [-0.05, 0) is 32.1 Å². The zero-order chi connectivity index (χ0) is 16.2. The Bertz CT molecular complexity index is 635. The molecule has 7 heteroatoms. The Morgan fingerprint density at radius 3 is 2.87 bits per heavy atom. The van der Waals surface area contributed by atoms with Gasteiger partial charge in [0.2, 0.25) is 11.8 Å².